The summed E-state index contributed by atoms with van der Waals surface area (Å²) in [5.74, 6) is 0.830. The van der Waals surface area contributed by atoms with Crippen molar-refractivity contribution in [2.24, 2.45) is 5.92 Å². The fourth-order valence-electron chi connectivity index (χ4n) is 1.69. The zero-order chi connectivity index (χ0) is 16.8. The monoisotopic (exact) mass is 335 g/mol. The normalized spacial score (nSPS) is 10.9. The maximum Gasteiger partial charge on any atom is 0.257 e. The number of aromatic nitrogens is 2. The Kier molecular flexibility index (Phi) is 5.92. The van der Waals surface area contributed by atoms with Crippen LogP contribution in [0, 0.1) is 5.92 Å². The van der Waals surface area contributed by atoms with Crippen molar-refractivity contribution in [1.29, 1.82) is 0 Å². The van der Waals surface area contributed by atoms with Gasteiger partial charge in [-0.25, -0.2) is 4.98 Å². The first-order valence-corrected chi connectivity index (χ1v) is 8.34. The molecule has 6 nitrogen and oxygen atoms in total. The number of anilines is 1. The second-order valence-electron chi connectivity index (χ2n) is 5.70. The Balaban J connectivity index is 2.21. The number of pyridine rings is 1. The highest BCUT2D eigenvalue weighted by atomic mass is 32.1. The quantitative estimate of drug-likeness (QED) is 0.836. The number of ether oxygens (including phenoxy) is 2. The molecule has 2 aromatic heterocycles. The molecule has 0 bridgehead atoms. The summed E-state index contributed by atoms with van der Waals surface area (Å²) in [5.41, 5.74) is 0.421. The van der Waals surface area contributed by atoms with Gasteiger partial charge in [-0.1, -0.05) is 13.8 Å². The fourth-order valence-corrected chi connectivity index (χ4v) is 2.22. The number of nitrogens with zero attached hydrogens (tertiary/aromatic N) is 2. The SMILES string of the molecule is CC(C)COc1cc(C(=O)Nc2nccs2)cc(OC(C)C)n1. The molecule has 0 aromatic carbocycles. The number of carbonyl (C=O) groups is 1. The predicted molar refractivity (Wildman–Crippen MR) is 90.4 cm³/mol. The van der Waals surface area contributed by atoms with Gasteiger partial charge < -0.3 is 9.47 Å². The van der Waals surface area contributed by atoms with Gasteiger partial charge in [0.1, 0.15) is 0 Å². The van der Waals surface area contributed by atoms with Crippen LogP contribution >= 0.6 is 11.3 Å². The van der Waals surface area contributed by atoms with Gasteiger partial charge in [-0.15, -0.1) is 11.3 Å². The molecule has 1 amide bonds. The smallest absolute Gasteiger partial charge is 0.257 e. The van der Waals surface area contributed by atoms with Gasteiger partial charge >= 0.3 is 0 Å². The van der Waals surface area contributed by atoms with E-state index in [2.05, 4.69) is 15.3 Å². The molecule has 7 heteroatoms. The lowest BCUT2D eigenvalue weighted by atomic mass is 10.2. The van der Waals surface area contributed by atoms with Gasteiger partial charge in [0.2, 0.25) is 11.8 Å². The lowest BCUT2D eigenvalue weighted by Gasteiger charge is -2.13. The Bertz CT molecular complexity index is 642. The van der Waals surface area contributed by atoms with E-state index in [1.165, 1.54) is 11.3 Å². The molecule has 0 aliphatic carbocycles. The molecule has 1 N–H and O–H groups in total. The van der Waals surface area contributed by atoms with Gasteiger partial charge in [-0.3, -0.25) is 10.1 Å². The van der Waals surface area contributed by atoms with Crippen LogP contribution in [0.25, 0.3) is 0 Å². The summed E-state index contributed by atoms with van der Waals surface area (Å²) in [7, 11) is 0. The van der Waals surface area contributed by atoms with E-state index >= 15 is 0 Å². The van der Waals surface area contributed by atoms with E-state index < -0.39 is 0 Å². The zero-order valence-corrected chi connectivity index (χ0v) is 14.5. The Hall–Kier alpha value is -2.15. The summed E-state index contributed by atoms with van der Waals surface area (Å²) in [4.78, 5) is 20.7. The second kappa shape index (κ2) is 7.92. The average molecular weight is 335 g/mol. The minimum absolute atomic E-state index is 0.0438. The van der Waals surface area contributed by atoms with Crippen LogP contribution in [0.5, 0.6) is 11.8 Å². The number of hydrogen-bond donors (Lipinski definition) is 1. The third-order valence-electron chi connectivity index (χ3n) is 2.61. The molecule has 0 unspecified atom stereocenters. The van der Waals surface area contributed by atoms with E-state index in [0.717, 1.165) is 0 Å². The highest BCUT2D eigenvalue weighted by Gasteiger charge is 2.14. The Morgan fingerprint density at radius 2 is 2.00 bits per heavy atom. The second-order valence-corrected chi connectivity index (χ2v) is 6.59. The molecule has 0 fully saturated rings. The summed E-state index contributed by atoms with van der Waals surface area (Å²) in [6, 6.07) is 3.21. The van der Waals surface area contributed by atoms with E-state index in [9.17, 15) is 4.79 Å². The van der Waals surface area contributed by atoms with Crippen LogP contribution in [-0.2, 0) is 0 Å². The van der Waals surface area contributed by atoms with Crippen molar-refractivity contribution in [3.8, 4) is 11.8 Å². The predicted octanol–water partition coefficient (Wildman–Crippen LogP) is 3.61. The van der Waals surface area contributed by atoms with Crippen molar-refractivity contribution < 1.29 is 14.3 Å². The van der Waals surface area contributed by atoms with Crippen LogP contribution in [0.4, 0.5) is 5.13 Å². The molecule has 0 radical (unpaired) electrons. The Morgan fingerprint density at radius 1 is 1.26 bits per heavy atom. The largest absolute Gasteiger partial charge is 0.477 e. The van der Waals surface area contributed by atoms with E-state index in [1.54, 1.807) is 23.7 Å². The lowest BCUT2D eigenvalue weighted by molar-refractivity contribution is 0.102. The third kappa shape index (κ3) is 5.52. The first-order valence-electron chi connectivity index (χ1n) is 7.46. The number of rotatable bonds is 7. The zero-order valence-electron chi connectivity index (χ0n) is 13.7. The summed E-state index contributed by atoms with van der Waals surface area (Å²) in [5, 5.41) is 5.08. The molecule has 0 aliphatic heterocycles. The fraction of sp³-hybridized carbons (Fsp3) is 0.438. The number of nitrogens with one attached hydrogen (secondary N) is 1. The number of thiazole rings is 1. The summed E-state index contributed by atoms with van der Waals surface area (Å²) in [6.45, 7) is 8.41. The Morgan fingerprint density at radius 3 is 2.61 bits per heavy atom. The minimum atomic E-state index is -0.273. The number of carbonyl (C=O) groups excluding carboxylic acids is 1. The highest BCUT2D eigenvalue weighted by Crippen LogP contribution is 2.21. The van der Waals surface area contributed by atoms with E-state index in [0.29, 0.717) is 35.0 Å². The van der Waals surface area contributed by atoms with Crippen molar-refractivity contribution in [2.45, 2.75) is 33.8 Å². The van der Waals surface area contributed by atoms with Crippen molar-refractivity contribution in [3.05, 3.63) is 29.3 Å². The third-order valence-corrected chi connectivity index (χ3v) is 3.30. The molecule has 2 heterocycles. The highest BCUT2D eigenvalue weighted by molar-refractivity contribution is 7.13. The minimum Gasteiger partial charge on any atom is -0.477 e. The van der Waals surface area contributed by atoms with Gasteiger partial charge in [-0.2, -0.15) is 4.98 Å². The summed E-state index contributed by atoms with van der Waals surface area (Å²) in [6.07, 6.45) is 1.59. The van der Waals surface area contributed by atoms with Crippen molar-refractivity contribution in [2.75, 3.05) is 11.9 Å². The molecule has 124 valence electrons. The van der Waals surface area contributed by atoms with Crippen LogP contribution in [0.3, 0.4) is 0 Å². The lowest BCUT2D eigenvalue weighted by Crippen LogP contribution is -2.15. The molecule has 2 aromatic rings. The van der Waals surface area contributed by atoms with Gasteiger partial charge in [0.25, 0.3) is 5.91 Å². The Labute approximate surface area is 139 Å². The van der Waals surface area contributed by atoms with Crippen LogP contribution in [-0.4, -0.2) is 28.6 Å². The van der Waals surface area contributed by atoms with Crippen LogP contribution < -0.4 is 14.8 Å². The van der Waals surface area contributed by atoms with Crippen LogP contribution in [0.2, 0.25) is 0 Å². The molecular formula is C16H21N3O3S. The molecule has 0 saturated carbocycles. The molecule has 23 heavy (non-hydrogen) atoms. The summed E-state index contributed by atoms with van der Waals surface area (Å²) < 4.78 is 11.2. The van der Waals surface area contributed by atoms with Crippen molar-refractivity contribution >= 4 is 22.4 Å². The standard InChI is InChI=1S/C16H21N3O3S/c1-10(2)9-21-13-7-12(8-14(18-13)22-11(3)4)15(20)19-16-17-5-6-23-16/h5-8,10-11H,9H2,1-4H3,(H,17,19,20). The molecule has 0 atom stereocenters. The topological polar surface area (TPSA) is 73.3 Å². The van der Waals surface area contributed by atoms with E-state index in [-0.39, 0.29) is 12.0 Å². The molecule has 2 rings (SSSR count). The van der Waals surface area contributed by atoms with Gasteiger partial charge in [0.15, 0.2) is 5.13 Å². The molecular weight excluding hydrogens is 314 g/mol. The van der Waals surface area contributed by atoms with Gasteiger partial charge in [0.05, 0.1) is 18.3 Å². The number of amides is 1. The molecule has 0 aliphatic rings. The first kappa shape index (κ1) is 17.2. The van der Waals surface area contributed by atoms with E-state index in [1.807, 2.05) is 27.7 Å². The van der Waals surface area contributed by atoms with Crippen LogP contribution in [0.15, 0.2) is 23.7 Å². The average Bonchev–Trinajstić information content (AvgIpc) is 2.97. The maximum absolute atomic E-state index is 12.4. The molecule has 0 spiro atoms. The number of hydrogen-bond acceptors (Lipinski definition) is 6. The maximum atomic E-state index is 12.4. The van der Waals surface area contributed by atoms with Gasteiger partial charge in [-0.05, 0) is 19.8 Å². The van der Waals surface area contributed by atoms with Crippen LogP contribution in [0.1, 0.15) is 38.1 Å². The van der Waals surface area contributed by atoms with Crippen molar-refractivity contribution in [3.63, 3.8) is 0 Å². The van der Waals surface area contributed by atoms with Crippen molar-refractivity contribution in [1.82, 2.24) is 9.97 Å². The first-order chi connectivity index (χ1) is 10.9. The summed E-state index contributed by atoms with van der Waals surface area (Å²) >= 11 is 1.36. The molecule has 0 saturated heterocycles. The van der Waals surface area contributed by atoms with E-state index in [4.69, 9.17) is 9.47 Å². The van der Waals surface area contributed by atoms with Gasteiger partial charge in [0, 0.05) is 23.7 Å².